The number of benzene rings is 1. The van der Waals surface area contributed by atoms with Crippen LogP contribution in [0.5, 0.6) is 0 Å². The Labute approximate surface area is 104 Å². The lowest BCUT2D eigenvalue weighted by molar-refractivity contribution is 0.135. The lowest BCUT2D eigenvalue weighted by Gasteiger charge is -1.88. The highest BCUT2D eigenvalue weighted by molar-refractivity contribution is 5.62. The lowest BCUT2D eigenvalue weighted by Crippen LogP contribution is -1.81. The van der Waals surface area contributed by atoms with Crippen molar-refractivity contribution in [2.45, 2.75) is 13.3 Å². The Balaban J connectivity index is 0. The highest BCUT2D eigenvalue weighted by atomic mass is 16.6. The van der Waals surface area contributed by atoms with Crippen molar-refractivity contribution in [2.24, 2.45) is 4.99 Å². The standard InChI is InChI=1S/C9H11N.2CH2O3/c1-2-8-10-9-6-4-3-5-7-9;2*2-1(3)4/h3-8H,2H2,1H3;2*(H2,2,3,4). The second-order valence-corrected chi connectivity index (χ2v) is 2.62. The normalized spacial score (nSPS) is 8.50. The highest BCUT2D eigenvalue weighted by Crippen LogP contribution is 2.08. The molecule has 0 aliphatic carbocycles. The van der Waals surface area contributed by atoms with Crippen LogP contribution in [0.15, 0.2) is 35.3 Å². The van der Waals surface area contributed by atoms with Gasteiger partial charge in [0, 0.05) is 6.21 Å². The summed E-state index contributed by atoms with van der Waals surface area (Å²) in [6.07, 6.45) is -0.760. The van der Waals surface area contributed by atoms with Gasteiger partial charge in [0.05, 0.1) is 5.69 Å². The molecule has 1 aromatic rings. The van der Waals surface area contributed by atoms with E-state index in [1.807, 2.05) is 36.5 Å². The fourth-order valence-electron chi connectivity index (χ4n) is 0.711. The van der Waals surface area contributed by atoms with Gasteiger partial charge in [-0.2, -0.15) is 0 Å². The van der Waals surface area contributed by atoms with Gasteiger partial charge in [-0.25, -0.2) is 9.59 Å². The van der Waals surface area contributed by atoms with E-state index in [-0.39, 0.29) is 0 Å². The quantitative estimate of drug-likeness (QED) is 0.602. The van der Waals surface area contributed by atoms with Crippen LogP contribution in [-0.4, -0.2) is 39.0 Å². The number of para-hydroxylation sites is 1. The first-order chi connectivity index (χ1) is 8.40. The summed E-state index contributed by atoms with van der Waals surface area (Å²) in [5.41, 5.74) is 1.03. The van der Waals surface area contributed by atoms with Crippen molar-refractivity contribution in [3.63, 3.8) is 0 Å². The van der Waals surface area contributed by atoms with Crippen molar-refractivity contribution in [2.75, 3.05) is 0 Å². The predicted molar refractivity (Wildman–Crippen MR) is 66.2 cm³/mol. The van der Waals surface area contributed by atoms with Gasteiger partial charge in [-0.15, -0.1) is 0 Å². The molecule has 0 saturated carbocycles. The molecule has 0 aliphatic heterocycles. The Bertz CT molecular complexity index is 343. The molecule has 4 N–H and O–H groups in total. The van der Waals surface area contributed by atoms with Crippen LogP contribution < -0.4 is 0 Å². The van der Waals surface area contributed by atoms with Crippen molar-refractivity contribution >= 4 is 24.2 Å². The van der Waals surface area contributed by atoms with Gasteiger partial charge in [-0.3, -0.25) is 4.99 Å². The molecule has 100 valence electrons. The number of hydrogen-bond donors (Lipinski definition) is 4. The van der Waals surface area contributed by atoms with Crippen molar-refractivity contribution in [1.29, 1.82) is 0 Å². The Hall–Kier alpha value is -2.57. The minimum atomic E-state index is -1.83. The third kappa shape index (κ3) is 23.3. The first-order valence-electron chi connectivity index (χ1n) is 4.81. The molecule has 7 heteroatoms. The smallest absolute Gasteiger partial charge is 0.450 e. The molecule has 0 aliphatic rings. The second-order valence-electron chi connectivity index (χ2n) is 2.62. The molecule has 0 atom stereocenters. The number of aliphatic imine (C=N–C) groups is 1. The first kappa shape index (κ1) is 17.8. The predicted octanol–water partition coefficient (Wildman–Crippen LogP) is 3.24. The molecule has 1 aromatic carbocycles. The number of carbonyl (C=O) groups is 2. The third-order valence-corrected chi connectivity index (χ3v) is 1.18. The topological polar surface area (TPSA) is 127 Å². The van der Waals surface area contributed by atoms with Gasteiger partial charge >= 0.3 is 12.3 Å². The van der Waals surface area contributed by atoms with Gasteiger partial charge < -0.3 is 20.4 Å². The molecule has 1 rings (SSSR count). The zero-order valence-corrected chi connectivity index (χ0v) is 9.72. The summed E-state index contributed by atoms with van der Waals surface area (Å²) in [4.78, 5) is 21.3. The monoisotopic (exact) mass is 257 g/mol. The SMILES string of the molecule is CCC=Nc1ccccc1.O=C(O)O.O=C(O)O. The van der Waals surface area contributed by atoms with E-state index in [2.05, 4.69) is 11.9 Å². The van der Waals surface area contributed by atoms with Crippen LogP contribution in [0.4, 0.5) is 15.3 Å². The Morgan fingerprint density at radius 2 is 1.44 bits per heavy atom. The zero-order valence-electron chi connectivity index (χ0n) is 9.72. The van der Waals surface area contributed by atoms with E-state index in [0.717, 1.165) is 12.1 Å². The summed E-state index contributed by atoms with van der Waals surface area (Å²) >= 11 is 0. The molecular weight excluding hydrogens is 242 g/mol. The van der Waals surface area contributed by atoms with Gasteiger partial charge in [0.15, 0.2) is 0 Å². The number of carboxylic acid groups (broad SMARTS) is 4. The molecule has 0 amide bonds. The van der Waals surface area contributed by atoms with E-state index in [4.69, 9.17) is 30.0 Å². The highest BCUT2D eigenvalue weighted by Gasteiger charge is 1.79. The molecule has 0 saturated heterocycles. The summed E-state index contributed by atoms with van der Waals surface area (Å²) in [6, 6.07) is 9.95. The fourth-order valence-corrected chi connectivity index (χ4v) is 0.711. The summed E-state index contributed by atoms with van der Waals surface area (Å²) in [5, 5.41) is 27.9. The first-order valence-corrected chi connectivity index (χ1v) is 4.81. The molecule has 0 radical (unpaired) electrons. The van der Waals surface area contributed by atoms with E-state index in [1.54, 1.807) is 0 Å². The summed E-state index contributed by atoms with van der Waals surface area (Å²) in [6.45, 7) is 2.08. The number of nitrogens with zero attached hydrogens (tertiary/aromatic N) is 1. The van der Waals surface area contributed by atoms with Crippen LogP contribution in [0.1, 0.15) is 13.3 Å². The van der Waals surface area contributed by atoms with Crippen LogP contribution in [0.3, 0.4) is 0 Å². The average Bonchev–Trinajstić information content (AvgIpc) is 2.26. The van der Waals surface area contributed by atoms with Gasteiger partial charge in [-0.1, -0.05) is 25.1 Å². The molecule has 18 heavy (non-hydrogen) atoms. The molecule has 0 bridgehead atoms. The molecule has 0 heterocycles. The minimum Gasteiger partial charge on any atom is -0.450 e. The van der Waals surface area contributed by atoms with Gasteiger partial charge in [0.25, 0.3) is 0 Å². The van der Waals surface area contributed by atoms with Crippen molar-refractivity contribution in [3.8, 4) is 0 Å². The van der Waals surface area contributed by atoms with E-state index >= 15 is 0 Å². The van der Waals surface area contributed by atoms with Gasteiger partial charge in [-0.05, 0) is 18.6 Å². The van der Waals surface area contributed by atoms with Crippen LogP contribution in [-0.2, 0) is 0 Å². The van der Waals surface area contributed by atoms with Crippen LogP contribution in [0.25, 0.3) is 0 Å². The second kappa shape index (κ2) is 12.5. The molecule has 7 nitrogen and oxygen atoms in total. The van der Waals surface area contributed by atoms with Crippen LogP contribution >= 0.6 is 0 Å². The Morgan fingerprint density at radius 1 is 1.06 bits per heavy atom. The Morgan fingerprint density at radius 3 is 1.78 bits per heavy atom. The summed E-state index contributed by atoms with van der Waals surface area (Å²) in [7, 11) is 0. The molecule has 0 spiro atoms. The summed E-state index contributed by atoms with van der Waals surface area (Å²) < 4.78 is 0. The van der Waals surface area contributed by atoms with Crippen molar-refractivity contribution < 1.29 is 30.0 Å². The van der Waals surface area contributed by atoms with Gasteiger partial charge in [0.1, 0.15) is 0 Å². The molecule has 0 fully saturated rings. The molecule has 0 aromatic heterocycles. The van der Waals surface area contributed by atoms with E-state index < -0.39 is 12.3 Å². The maximum Gasteiger partial charge on any atom is 0.503 e. The van der Waals surface area contributed by atoms with Crippen LogP contribution in [0.2, 0.25) is 0 Å². The lowest BCUT2D eigenvalue weighted by atomic mass is 10.3. The van der Waals surface area contributed by atoms with E-state index in [0.29, 0.717) is 0 Å². The van der Waals surface area contributed by atoms with E-state index in [1.165, 1.54) is 0 Å². The zero-order chi connectivity index (χ0) is 14.4. The maximum absolute atomic E-state index is 8.56. The van der Waals surface area contributed by atoms with Crippen molar-refractivity contribution in [3.05, 3.63) is 30.3 Å². The molecule has 0 unspecified atom stereocenters. The van der Waals surface area contributed by atoms with E-state index in [9.17, 15) is 0 Å². The minimum absolute atomic E-state index is 0.995. The van der Waals surface area contributed by atoms with Gasteiger partial charge in [0.2, 0.25) is 0 Å². The fraction of sp³-hybridized carbons (Fsp3) is 0.182. The Kier molecular flexibility index (Phi) is 12.4. The third-order valence-electron chi connectivity index (χ3n) is 1.18. The maximum atomic E-state index is 8.56. The number of rotatable bonds is 2. The average molecular weight is 257 g/mol. The number of hydrogen-bond acceptors (Lipinski definition) is 3. The largest absolute Gasteiger partial charge is 0.503 e. The molecular formula is C11H15NO6. The van der Waals surface area contributed by atoms with Crippen LogP contribution in [0, 0.1) is 0 Å². The summed E-state index contributed by atoms with van der Waals surface area (Å²) in [5.74, 6) is 0. The van der Waals surface area contributed by atoms with Crippen molar-refractivity contribution in [1.82, 2.24) is 0 Å².